The van der Waals surface area contributed by atoms with Gasteiger partial charge in [0.05, 0.1) is 48.1 Å². The fraction of sp³-hybridized carbons (Fsp3) is 0.643. The number of nitrogens with one attached hydrogen (secondary N) is 3. The van der Waals surface area contributed by atoms with Crippen molar-refractivity contribution in [3.05, 3.63) is 64.1 Å². The molecular formula is C42H66N6O6S. The first-order valence-corrected chi connectivity index (χ1v) is 20.4. The average molecular weight is 783 g/mol. The highest BCUT2D eigenvalue weighted by atomic mass is 32.1. The standard InChI is InChI=1S/C42H66N6O6S/c1-12-28(4)36(47(9)40(51)32(23-27(2)3)46-41(52)42(6,7)26-43-8)34(53-10)25-35(49)48-21-16-19-33(48)37(54-11)29(5)38(50)45-31(39-44-20-22-55-39)24-30-17-14-13-15-18-30/h13-15,17-18,20,22-23,28-29,31-34,36-37,43H,12,16,19,21,24-26H2,1-11H3,(H,45,50)(H,46,52)/t28-,29+,31-,32-,33-,34+,36-,37+/m0/s1. The monoisotopic (exact) mass is 782 g/mol. The molecule has 0 unspecified atom stereocenters. The van der Waals surface area contributed by atoms with Crippen LogP contribution in [0.2, 0.25) is 0 Å². The fourth-order valence-electron chi connectivity index (χ4n) is 7.65. The molecule has 306 valence electrons. The molecule has 2 aromatic rings. The van der Waals surface area contributed by atoms with Gasteiger partial charge in [0.1, 0.15) is 11.0 Å². The van der Waals surface area contributed by atoms with Gasteiger partial charge in [-0.25, -0.2) is 4.98 Å². The highest BCUT2D eigenvalue weighted by molar-refractivity contribution is 7.09. The van der Waals surface area contributed by atoms with Crippen LogP contribution in [-0.4, -0.2) is 110 Å². The molecule has 0 saturated carbocycles. The maximum atomic E-state index is 14.3. The van der Waals surface area contributed by atoms with Crippen LogP contribution in [0.15, 0.2) is 53.6 Å². The van der Waals surface area contributed by atoms with Gasteiger partial charge in [0.2, 0.25) is 23.6 Å². The molecule has 1 aromatic carbocycles. The van der Waals surface area contributed by atoms with Gasteiger partial charge in [-0.1, -0.05) is 69.2 Å². The number of allylic oxidation sites excluding steroid dienone is 1. The quantitative estimate of drug-likeness (QED) is 0.148. The molecule has 1 aliphatic heterocycles. The summed E-state index contributed by atoms with van der Waals surface area (Å²) in [5, 5.41) is 12.0. The van der Waals surface area contributed by atoms with Crippen LogP contribution in [0.25, 0.3) is 0 Å². The maximum absolute atomic E-state index is 14.3. The summed E-state index contributed by atoms with van der Waals surface area (Å²) in [6.45, 7) is 14.4. The van der Waals surface area contributed by atoms with Crippen molar-refractivity contribution >= 4 is 35.0 Å². The number of carbonyl (C=O) groups is 4. The fourth-order valence-corrected chi connectivity index (χ4v) is 8.34. The van der Waals surface area contributed by atoms with Gasteiger partial charge in [-0.3, -0.25) is 19.2 Å². The van der Waals surface area contributed by atoms with Crippen molar-refractivity contribution in [2.75, 3.05) is 41.4 Å². The lowest BCUT2D eigenvalue weighted by Crippen LogP contribution is -2.57. The second kappa shape index (κ2) is 21.6. The molecule has 3 rings (SSSR count). The first-order chi connectivity index (χ1) is 26.1. The Labute approximate surface area is 333 Å². The second-order valence-electron chi connectivity index (χ2n) is 15.8. The third-order valence-electron chi connectivity index (χ3n) is 10.9. The second-order valence-corrected chi connectivity index (χ2v) is 16.7. The minimum absolute atomic E-state index is 0.0260. The van der Waals surface area contributed by atoms with E-state index in [2.05, 4.69) is 20.9 Å². The van der Waals surface area contributed by atoms with Gasteiger partial charge in [-0.2, -0.15) is 0 Å². The molecular weight excluding hydrogens is 717 g/mol. The third kappa shape index (κ3) is 12.4. The number of thiazole rings is 1. The molecule has 1 fully saturated rings. The number of aromatic nitrogens is 1. The number of likely N-dealkylation sites (tertiary alicyclic amines) is 1. The van der Waals surface area contributed by atoms with E-state index in [9.17, 15) is 19.2 Å². The highest BCUT2D eigenvalue weighted by Crippen LogP contribution is 2.30. The number of hydrogen-bond acceptors (Lipinski definition) is 9. The summed E-state index contributed by atoms with van der Waals surface area (Å²) in [7, 11) is 6.68. The van der Waals surface area contributed by atoms with Gasteiger partial charge in [0, 0.05) is 45.9 Å². The van der Waals surface area contributed by atoms with Crippen LogP contribution in [0.3, 0.4) is 0 Å². The van der Waals surface area contributed by atoms with E-state index in [1.54, 1.807) is 45.5 Å². The lowest BCUT2D eigenvalue weighted by Gasteiger charge is -2.40. The highest BCUT2D eigenvalue weighted by Gasteiger charge is 2.43. The molecule has 0 aliphatic carbocycles. The van der Waals surface area contributed by atoms with Crippen molar-refractivity contribution in [3.8, 4) is 0 Å². The van der Waals surface area contributed by atoms with Crippen LogP contribution >= 0.6 is 11.3 Å². The van der Waals surface area contributed by atoms with E-state index in [0.717, 1.165) is 29.0 Å². The molecule has 0 bridgehead atoms. The molecule has 55 heavy (non-hydrogen) atoms. The Morgan fingerprint density at radius 1 is 1.09 bits per heavy atom. The number of likely N-dealkylation sites (N-methyl/N-ethyl adjacent to an activating group) is 1. The molecule has 8 atom stereocenters. The van der Waals surface area contributed by atoms with E-state index in [0.29, 0.717) is 25.9 Å². The van der Waals surface area contributed by atoms with E-state index in [-0.39, 0.29) is 48.1 Å². The molecule has 1 aliphatic rings. The maximum Gasteiger partial charge on any atom is 0.249 e. The number of benzene rings is 1. The summed E-state index contributed by atoms with van der Waals surface area (Å²) in [6.07, 6.45) is 5.19. The van der Waals surface area contributed by atoms with Crippen molar-refractivity contribution in [1.82, 2.24) is 30.7 Å². The Morgan fingerprint density at radius 2 is 1.78 bits per heavy atom. The molecule has 3 N–H and O–H groups in total. The van der Waals surface area contributed by atoms with E-state index >= 15 is 0 Å². The Kier molecular flexibility index (Phi) is 18.0. The molecule has 12 nitrogen and oxygen atoms in total. The van der Waals surface area contributed by atoms with Crippen molar-refractivity contribution < 1.29 is 28.7 Å². The SMILES string of the molecule is CC[C@H](C)[C@@H]([C@@H](CC(=O)N1CCC[C@H]1[C@H](OC)[C@@H](C)C(=O)N[C@@H](Cc1ccccc1)c1nccs1)OC)N(C)C(=O)[C@H](C=C(C)C)NC(=O)C(C)(C)CNC. The summed E-state index contributed by atoms with van der Waals surface area (Å²) in [4.78, 5) is 63.7. The summed E-state index contributed by atoms with van der Waals surface area (Å²) in [6, 6.07) is 8.03. The zero-order valence-electron chi connectivity index (χ0n) is 34.9. The minimum atomic E-state index is -0.889. The largest absolute Gasteiger partial charge is 0.379 e. The van der Waals surface area contributed by atoms with E-state index in [4.69, 9.17) is 9.47 Å². The first-order valence-electron chi connectivity index (χ1n) is 19.6. The summed E-state index contributed by atoms with van der Waals surface area (Å²) >= 11 is 1.50. The molecule has 0 spiro atoms. The van der Waals surface area contributed by atoms with E-state index in [1.807, 2.05) is 89.1 Å². The van der Waals surface area contributed by atoms with E-state index < -0.39 is 35.6 Å². The number of methoxy groups -OCH3 is 2. The summed E-state index contributed by atoms with van der Waals surface area (Å²) in [5.41, 5.74) is 1.24. The summed E-state index contributed by atoms with van der Waals surface area (Å²) < 4.78 is 12.1. The van der Waals surface area contributed by atoms with Crippen LogP contribution in [-0.2, 0) is 35.1 Å². The number of amides is 4. The number of nitrogens with zero attached hydrogens (tertiary/aromatic N) is 3. The van der Waals surface area contributed by atoms with Crippen LogP contribution in [0.1, 0.15) is 90.8 Å². The van der Waals surface area contributed by atoms with Crippen molar-refractivity contribution in [2.24, 2.45) is 17.3 Å². The lowest BCUT2D eigenvalue weighted by molar-refractivity contribution is -0.147. The zero-order valence-corrected chi connectivity index (χ0v) is 35.7. The van der Waals surface area contributed by atoms with Gasteiger partial charge in [-0.15, -0.1) is 11.3 Å². The lowest BCUT2D eigenvalue weighted by atomic mass is 9.89. The van der Waals surface area contributed by atoms with Crippen molar-refractivity contribution in [2.45, 2.75) is 117 Å². The van der Waals surface area contributed by atoms with Crippen LogP contribution in [0, 0.1) is 17.3 Å². The average Bonchev–Trinajstić information content (AvgIpc) is 3.87. The van der Waals surface area contributed by atoms with Crippen molar-refractivity contribution in [1.29, 1.82) is 0 Å². The molecule has 2 heterocycles. The van der Waals surface area contributed by atoms with Crippen LogP contribution in [0.4, 0.5) is 0 Å². The van der Waals surface area contributed by atoms with E-state index in [1.165, 1.54) is 11.3 Å². The van der Waals surface area contributed by atoms with Crippen molar-refractivity contribution in [3.63, 3.8) is 0 Å². The number of hydrogen-bond donors (Lipinski definition) is 3. The Bertz CT molecular complexity index is 1550. The third-order valence-corrected chi connectivity index (χ3v) is 11.8. The van der Waals surface area contributed by atoms with Crippen LogP contribution in [0.5, 0.6) is 0 Å². The zero-order chi connectivity index (χ0) is 40.9. The number of ether oxygens (including phenoxy) is 2. The Morgan fingerprint density at radius 3 is 2.35 bits per heavy atom. The molecule has 1 aromatic heterocycles. The molecule has 1 saturated heterocycles. The Hall–Kier alpha value is -3.65. The van der Waals surface area contributed by atoms with Gasteiger partial charge in [0.15, 0.2) is 0 Å². The molecule has 0 radical (unpaired) electrons. The smallest absolute Gasteiger partial charge is 0.249 e. The predicted octanol–water partition coefficient (Wildman–Crippen LogP) is 5.16. The Balaban J connectivity index is 1.80. The summed E-state index contributed by atoms with van der Waals surface area (Å²) in [5.74, 6) is -1.39. The van der Waals surface area contributed by atoms with Gasteiger partial charge in [0.25, 0.3) is 0 Å². The van der Waals surface area contributed by atoms with Gasteiger partial charge >= 0.3 is 0 Å². The van der Waals surface area contributed by atoms with Crippen LogP contribution < -0.4 is 16.0 Å². The first kappa shape index (κ1) is 45.7. The molecule has 13 heteroatoms. The predicted molar refractivity (Wildman–Crippen MR) is 218 cm³/mol. The topological polar surface area (TPSA) is 142 Å². The number of rotatable bonds is 21. The normalized spacial score (nSPS) is 18.3. The number of carbonyl (C=O) groups excluding carboxylic acids is 4. The van der Waals surface area contributed by atoms with Gasteiger partial charge in [-0.05, 0) is 65.5 Å². The van der Waals surface area contributed by atoms with Gasteiger partial charge < -0.3 is 35.2 Å². The minimum Gasteiger partial charge on any atom is -0.379 e. The molecule has 4 amide bonds.